The van der Waals surface area contributed by atoms with Crippen molar-refractivity contribution < 1.29 is 26.8 Å². The van der Waals surface area contributed by atoms with Gasteiger partial charge < -0.3 is 10.2 Å². The fraction of sp³-hybridized carbons (Fsp3) is 0.333. The number of nitrogens with zero attached hydrogens (tertiary/aromatic N) is 2. The maximum Gasteiger partial charge on any atom is 0.244 e. The van der Waals surface area contributed by atoms with Gasteiger partial charge in [-0.3, -0.25) is 13.9 Å². The van der Waals surface area contributed by atoms with E-state index in [9.17, 15) is 26.8 Å². The number of likely N-dealkylation sites (N-methyl/N-ethyl adjacent to an activating group) is 1. The van der Waals surface area contributed by atoms with Crippen LogP contribution < -0.4 is 9.62 Å². The molecule has 1 atom stereocenters. The Bertz CT molecular complexity index is 1150. The molecule has 12 heteroatoms. The number of sulfonamides is 1. The van der Waals surface area contributed by atoms with Crippen LogP contribution in [0, 0.1) is 11.6 Å². The minimum Gasteiger partial charge on any atom is -0.357 e. The summed E-state index contributed by atoms with van der Waals surface area (Å²) in [5.74, 6) is -3.64. The molecular weight excluding hydrogens is 499 g/mol. The standard InChI is InChI=1S/C21H23Cl2F2N3O4S/c1-4-19(21(30)26-2)27(11-13-5-6-14(22)9-16(13)23)20(29)12-28(33(3,31)32)15-7-8-17(24)18(25)10-15/h5-10,19H,4,11-12H2,1-3H3,(H,26,30)/t19-/m0/s1. The van der Waals surface area contributed by atoms with E-state index in [0.717, 1.165) is 18.4 Å². The Kier molecular flexibility index (Phi) is 9.04. The van der Waals surface area contributed by atoms with Gasteiger partial charge in [-0.1, -0.05) is 36.2 Å². The predicted molar refractivity (Wildman–Crippen MR) is 124 cm³/mol. The topological polar surface area (TPSA) is 86.8 Å². The Labute approximate surface area is 201 Å². The molecule has 180 valence electrons. The molecule has 0 aromatic heterocycles. The van der Waals surface area contributed by atoms with Gasteiger partial charge in [0.25, 0.3) is 0 Å². The highest BCUT2D eigenvalue weighted by molar-refractivity contribution is 7.92. The summed E-state index contributed by atoms with van der Waals surface area (Å²) in [6.45, 7) is 0.825. The number of carbonyl (C=O) groups is 2. The number of anilines is 1. The Morgan fingerprint density at radius 1 is 1.09 bits per heavy atom. The first-order valence-electron chi connectivity index (χ1n) is 9.76. The summed E-state index contributed by atoms with van der Waals surface area (Å²) in [7, 11) is -2.66. The molecule has 7 nitrogen and oxygen atoms in total. The normalized spacial score (nSPS) is 12.2. The fourth-order valence-corrected chi connectivity index (χ4v) is 4.48. The highest BCUT2D eigenvalue weighted by Crippen LogP contribution is 2.25. The third-order valence-electron chi connectivity index (χ3n) is 4.86. The van der Waals surface area contributed by atoms with Crippen LogP contribution in [0.1, 0.15) is 18.9 Å². The van der Waals surface area contributed by atoms with Crippen molar-refractivity contribution in [3.8, 4) is 0 Å². The second kappa shape index (κ2) is 11.1. The molecule has 0 fully saturated rings. The van der Waals surface area contributed by atoms with Crippen LogP contribution in [-0.4, -0.2) is 51.0 Å². The predicted octanol–water partition coefficient (Wildman–Crippen LogP) is 3.59. The van der Waals surface area contributed by atoms with Gasteiger partial charge in [0, 0.05) is 29.7 Å². The van der Waals surface area contributed by atoms with Crippen molar-refractivity contribution in [1.82, 2.24) is 10.2 Å². The molecule has 0 aliphatic heterocycles. The Morgan fingerprint density at radius 2 is 1.76 bits per heavy atom. The number of rotatable bonds is 9. The number of nitrogens with one attached hydrogen (secondary N) is 1. The summed E-state index contributed by atoms with van der Waals surface area (Å²) < 4.78 is 52.5. The first kappa shape index (κ1) is 26.8. The van der Waals surface area contributed by atoms with E-state index in [-0.39, 0.29) is 23.7 Å². The van der Waals surface area contributed by atoms with Crippen molar-refractivity contribution in [2.24, 2.45) is 0 Å². The minimum absolute atomic E-state index is 0.115. The van der Waals surface area contributed by atoms with Crippen molar-refractivity contribution in [2.75, 3.05) is 24.2 Å². The summed E-state index contributed by atoms with van der Waals surface area (Å²) in [5, 5.41) is 3.11. The second-order valence-corrected chi connectivity index (χ2v) is 9.91. The second-order valence-electron chi connectivity index (χ2n) is 7.16. The van der Waals surface area contributed by atoms with Crippen LogP contribution in [-0.2, 0) is 26.2 Å². The van der Waals surface area contributed by atoms with E-state index in [4.69, 9.17) is 23.2 Å². The number of benzene rings is 2. The molecule has 0 aliphatic carbocycles. The molecule has 0 unspecified atom stereocenters. The zero-order chi connectivity index (χ0) is 24.9. The summed E-state index contributed by atoms with van der Waals surface area (Å²) in [6, 6.07) is 6.18. The average Bonchev–Trinajstić information content (AvgIpc) is 2.74. The molecule has 2 rings (SSSR count). The molecule has 0 saturated heterocycles. The van der Waals surface area contributed by atoms with Gasteiger partial charge in [0.15, 0.2) is 11.6 Å². The van der Waals surface area contributed by atoms with Gasteiger partial charge in [-0.25, -0.2) is 17.2 Å². The first-order chi connectivity index (χ1) is 15.4. The van der Waals surface area contributed by atoms with Gasteiger partial charge in [0.1, 0.15) is 12.6 Å². The fourth-order valence-electron chi connectivity index (χ4n) is 3.17. The van der Waals surface area contributed by atoms with E-state index >= 15 is 0 Å². The number of carbonyl (C=O) groups excluding carboxylic acids is 2. The van der Waals surface area contributed by atoms with E-state index in [0.29, 0.717) is 21.0 Å². The molecule has 1 N–H and O–H groups in total. The van der Waals surface area contributed by atoms with Crippen LogP contribution in [0.5, 0.6) is 0 Å². The van der Waals surface area contributed by atoms with Crippen molar-refractivity contribution in [2.45, 2.75) is 25.9 Å². The largest absolute Gasteiger partial charge is 0.357 e. The number of hydrogen-bond donors (Lipinski definition) is 1. The summed E-state index contributed by atoms with van der Waals surface area (Å²) in [5.41, 5.74) is 0.248. The maximum absolute atomic E-state index is 13.8. The van der Waals surface area contributed by atoms with E-state index < -0.39 is 46.1 Å². The third kappa shape index (κ3) is 6.78. The molecule has 2 amide bonds. The lowest BCUT2D eigenvalue weighted by atomic mass is 10.1. The minimum atomic E-state index is -4.07. The van der Waals surface area contributed by atoms with E-state index in [2.05, 4.69) is 5.32 Å². The Balaban J connectivity index is 2.48. The molecule has 0 aliphatic rings. The lowest BCUT2D eigenvalue weighted by molar-refractivity contribution is -0.140. The van der Waals surface area contributed by atoms with Gasteiger partial charge in [-0.05, 0) is 36.2 Å². The molecule has 33 heavy (non-hydrogen) atoms. The van der Waals surface area contributed by atoms with Crippen molar-refractivity contribution >= 4 is 50.7 Å². The molecular formula is C21H23Cl2F2N3O4S. The number of amides is 2. The van der Waals surface area contributed by atoms with Crippen LogP contribution in [0.15, 0.2) is 36.4 Å². The smallest absolute Gasteiger partial charge is 0.244 e. The van der Waals surface area contributed by atoms with Crippen molar-refractivity contribution in [3.63, 3.8) is 0 Å². The Hall–Kier alpha value is -2.43. The monoisotopic (exact) mass is 521 g/mol. The van der Waals surface area contributed by atoms with Crippen LogP contribution in [0.2, 0.25) is 10.0 Å². The van der Waals surface area contributed by atoms with Gasteiger partial charge in [0.05, 0.1) is 11.9 Å². The van der Waals surface area contributed by atoms with E-state index in [1.807, 2.05) is 0 Å². The SMILES string of the molecule is CC[C@@H](C(=O)NC)N(Cc1ccc(Cl)cc1Cl)C(=O)CN(c1ccc(F)c(F)c1)S(C)(=O)=O. The molecule has 0 heterocycles. The third-order valence-corrected chi connectivity index (χ3v) is 6.59. The van der Waals surface area contributed by atoms with Gasteiger partial charge in [0.2, 0.25) is 21.8 Å². The summed E-state index contributed by atoms with van der Waals surface area (Å²) in [6.07, 6.45) is 1.05. The molecule has 0 saturated carbocycles. The zero-order valence-corrected chi connectivity index (χ0v) is 20.4. The van der Waals surface area contributed by atoms with Crippen LogP contribution in [0.3, 0.4) is 0 Å². The van der Waals surface area contributed by atoms with Crippen LogP contribution in [0.25, 0.3) is 0 Å². The van der Waals surface area contributed by atoms with Gasteiger partial charge in [-0.15, -0.1) is 0 Å². The molecule has 0 radical (unpaired) electrons. The number of halogens is 4. The van der Waals surface area contributed by atoms with Crippen molar-refractivity contribution in [1.29, 1.82) is 0 Å². The average molecular weight is 522 g/mol. The lowest BCUT2D eigenvalue weighted by Crippen LogP contribution is -2.51. The summed E-state index contributed by atoms with van der Waals surface area (Å²) >= 11 is 12.2. The summed E-state index contributed by atoms with van der Waals surface area (Å²) in [4.78, 5) is 27.0. The molecule has 0 bridgehead atoms. The first-order valence-corrected chi connectivity index (χ1v) is 12.4. The van der Waals surface area contributed by atoms with Crippen LogP contribution >= 0.6 is 23.2 Å². The van der Waals surface area contributed by atoms with E-state index in [1.165, 1.54) is 18.0 Å². The maximum atomic E-state index is 13.8. The molecule has 2 aromatic rings. The van der Waals surface area contributed by atoms with Gasteiger partial charge in [-0.2, -0.15) is 0 Å². The zero-order valence-electron chi connectivity index (χ0n) is 18.1. The Morgan fingerprint density at radius 3 is 2.27 bits per heavy atom. The quantitative estimate of drug-likeness (QED) is 0.546. The lowest BCUT2D eigenvalue weighted by Gasteiger charge is -2.32. The van der Waals surface area contributed by atoms with Crippen LogP contribution in [0.4, 0.5) is 14.5 Å². The van der Waals surface area contributed by atoms with Gasteiger partial charge >= 0.3 is 0 Å². The molecule has 2 aromatic carbocycles. The molecule has 0 spiro atoms. The highest BCUT2D eigenvalue weighted by atomic mass is 35.5. The van der Waals surface area contributed by atoms with Crippen molar-refractivity contribution in [3.05, 3.63) is 63.6 Å². The number of hydrogen-bond acceptors (Lipinski definition) is 4. The highest BCUT2D eigenvalue weighted by Gasteiger charge is 2.32. The van der Waals surface area contributed by atoms with E-state index in [1.54, 1.807) is 19.1 Å².